The summed E-state index contributed by atoms with van der Waals surface area (Å²) in [7, 11) is 0. The number of nitrogens with zero attached hydrogens (tertiary/aromatic N) is 1. The van der Waals surface area contributed by atoms with E-state index in [4.69, 9.17) is 4.74 Å². The molecule has 1 amide bonds. The minimum Gasteiger partial charge on any atom is -0.396 e. The van der Waals surface area contributed by atoms with Gasteiger partial charge in [0.2, 0.25) is 0 Å². The maximum absolute atomic E-state index is 13.3. The van der Waals surface area contributed by atoms with Crippen LogP contribution in [0.25, 0.3) is 0 Å². The molecule has 2 aliphatic heterocycles. The van der Waals surface area contributed by atoms with Crippen molar-refractivity contribution in [3.05, 3.63) is 70.8 Å². The highest BCUT2D eigenvalue weighted by Gasteiger charge is 2.49. The monoisotopic (exact) mass is 365 g/mol. The van der Waals surface area contributed by atoms with Crippen molar-refractivity contribution in [1.29, 1.82) is 0 Å². The lowest BCUT2D eigenvalue weighted by Crippen LogP contribution is -2.43. The molecule has 142 valence electrons. The average Bonchev–Trinajstić information content (AvgIpc) is 3.10. The molecule has 2 aliphatic rings. The standard InChI is InChI=1S/C23H27NO3/c1-17-6-8-18(9-7-17)12-19-4-2-3-5-21(19)22(26)24-13-20-10-11-27-16-23(20,14-24)15-25/h2-9,20,25H,10-16H2,1H3/t20-,23+/m0/s1. The van der Waals surface area contributed by atoms with Gasteiger partial charge in [0.25, 0.3) is 5.91 Å². The number of carbonyl (C=O) groups is 1. The fraction of sp³-hybridized carbons (Fsp3) is 0.435. The number of ether oxygens (including phenoxy) is 1. The van der Waals surface area contributed by atoms with Gasteiger partial charge < -0.3 is 14.7 Å². The number of fused-ring (bicyclic) bond motifs is 1. The van der Waals surface area contributed by atoms with E-state index in [0.717, 1.165) is 30.6 Å². The maximum atomic E-state index is 13.3. The van der Waals surface area contributed by atoms with Crippen molar-refractivity contribution in [2.24, 2.45) is 11.3 Å². The molecule has 2 atom stereocenters. The van der Waals surface area contributed by atoms with Crippen LogP contribution in [-0.2, 0) is 11.2 Å². The van der Waals surface area contributed by atoms with Gasteiger partial charge in [0.15, 0.2) is 0 Å². The van der Waals surface area contributed by atoms with Crippen LogP contribution in [0.4, 0.5) is 0 Å². The van der Waals surface area contributed by atoms with Crippen molar-refractivity contribution in [3.63, 3.8) is 0 Å². The molecule has 0 radical (unpaired) electrons. The second-order valence-electron chi connectivity index (χ2n) is 8.06. The fourth-order valence-corrected chi connectivity index (χ4v) is 4.45. The summed E-state index contributed by atoms with van der Waals surface area (Å²) in [6.07, 6.45) is 1.66. The van der Waals surface area contributed by atoms with Crippen LogP contribution in [0.1, 0.15) is 33.5 Å². The van der Waals surface area contributed by atoms with Gasteiger partial charge in [0.1, 0.15) is 0 Å². The minimum atomic E-state index is -0.292. The van der Waals surface area contributed by atoms with Crippen LogP contribution in [0, 0.1) is 18.3 Å². The Balaban J connectivity index is 1.57. The number of aliphatic hydroxyl groups excluding tert-OH is 1. The van der Waals surface area contributed by atoms with Gasteiger partial charge >= 0.3 is 0 Å². The Hall–Kier alpha value is -2.17. The number of likely N-dealkylation sites (tertiary alicyclic amines) is 1. The molecule has 2 heterocycles. The highest BCUT2D eigenvalue weighted by Crippen LogP contribution is 2.41. The Labute approximate surface area is 160 Å². The topological polar surface area (TPSA) is 49.8 Å². The molecule has 2 saturated heterocycles. The first kappa shape index (κ1) is 18.2. The summed E-state index contributed by atoms with van der Waals surface area (Å²) in [5.74, 6) is 0.393. The lowest BCUT2D eigenvalue weighted by molar-refractivity contribution is -0.0557. The third kappa shape index (κ3) is 3.52. The van der Waals surface area contributed by atoms with E-state index in [1.807, 2.05) is 29.2 Å². The number of benzene rings is 2. The fourth-order valence-electron chi connectivity index (χ4n) is 4.45. The quantitative estimate of drug-likeness (QED) is 0.906. The van der Waals surface area contributed by atoms with E-state index in [1.54, 1.807) is 0 Å². The number of carbonyl (C=O) groups excluding carboxylic acids is 1. The molecule has 0 saturated carbocycles. The number of amides is 1. The lowest BCUT2D eigenvalue weighted by Gasteiger charge is -2.36. The van der Waals surface area contributed by atoms with E-state index in [1.165, 1.54) is 11.1 Å². The summed E-state index contributed by atoms with van der Waals surface area (Å²) < 4.78 is 5.63. The van der Waals surface area contributed by atoms with E-state index >= 15 is 0 Å². The predicted octanol–water partition coefficient (Wildman–Crippen LogP) is 3.06. The van der Waals surface area contributed by atoms with Gasteiger partial charge in [-0.25, -0.2) is 0 Å². The van der Waals surface area contributed by atoms with E-state index in [9.17, 15) is 9.90 Å². The molecule has 4 nitrogen and oxygen atoms in total. The van der Waals surface area contributed by atoms with Crippen LogP contribution in [0.15, 0.2) is 48.5 Å². The zero-order valence-electron chi connectivity index (χ0n) is 15.9. The third-order valence-electron chi connectivity index (χ3n) is 6.18. The Kier molecular flexibility index (Phi) is 5.02. The Morgan fingerprint density at radius 1 is 1.22 bits per heavy atom. The molecule has 2 aromatic rings. The summed E-state index contributed by atoms with van der Waals surface area (Å²) in [5, 5.41) is 9.98. The molecule has 0 aliphatic carbocycles. The van der Waals surface area contributed by atoms with E-state index in [0.29, 0.717) is 25.6 Å². The summed E-state index contributed by atoms with van der Waals surface area (Å²) in [6.45, 7) is 4.70. The first-order chi connectivity index (χ1) is 13.1. The molecule has 1 N–H and O–H groups in total. The predicted molar refractivity (Wildman–Crippen MR) is 105 cm³/mol. The number of aliphatic hydroxyl groups is 1. The first-order valence-electron chi connectivity index (χ1n) is 9.73. The number of hydrogen-bond donors (Lipinski definition) is 1. The molecule has 27 heavy (non-hydrogen) atoms. The molecular weight excluding hydrogens is 338 g/mol. The highest BCUT2D eigenvalue weighted by atomic mass is 16.5. The minimum absolute atomic E-state index is 0.0694. The molecule has 2 aromatic carbocycles. The van der Waals surface area contributed by atoms with Crippen molar-refractivity contribution >= 4 is 5.91 Å². The first-order valence-corrected chi connectivity index (χ1v) is 9.73. The summed E-state index contributed by atoms with van der Waals surface area (Å²) >= 11 is 0. The maximum Gasteiger partial charge on any atom is 0.254 e. The average molecular weight is 365 g/mol. The molecule has 0 bridgehead atoms. The Morgan fingerprint density at radius 2 is 2.00 bits per heavy atom. The second-order valence-corrected chi connectivity index (χ2v) is 8.06. The molecule has 2 fully saturated rings. The van der Waals surface area contributed by atoms with Crippen LogP contribution in [0.3, 0.4) is 0 Å². The van der Waals surface area contributed by atoms with Gasteiger partial charge in [0.05, 0.1) is 13.2 Å². The number of rotatable bonds is 4. The van der Waals surface area contributed by atoms with Crippen LogP contribution in [-0.4, -0.2) is 48.8 Å². The molecule has 0 aromatic heterocycles. The van der Waals surface area contributed by atoms with Gasteiger partial charge in [-0.15, -0.1) is 0 Å². The number of aryl methyl sites for hydroxylation is 1. The van der Waals surface area contributed by atoms with Gasteiger partial charge in [-0.3, -0.25) is 4.79 Å². The van der Waals surface area contributed by atoms with Gasteiger partial charge in [0, 0.05) is 30.7 Å². The zero-order valence-corrected chi connectivity index (χ0v) is 15.9. The molecule has 0 spiro atoms. The zero-order chi connectivity index (χ0) is 18.9. The van der Waals surface area contributed by atoms with Gasteiger partial charge in [-0.1, -0.05) is 48.0 Å². The molecular formula is C23H27NO3. The second kappa shape index (κ2) is 7.45. The summed E-state index contributed by atoms with van der Waals surface area (Å²) in [6, 6.07) is 16.4. The van der Waals surface area contributed by atoms with E-state index < -0.39 is 0 Å². The highest BCUT2D eigenvalue weighted by molar-refractivity contribution is 5.96. The van der Waals surface area contributed by atoms with Crippen LogP contribution in [0.2, 0.25) is 0 Å². The van der Waals surface area contributed by atoms with Crippen molar-refractivity contribution in [1.82, 2.24) is 4.90 Å². The van der Waals surface area contributed by atoms with Gasteiger partial charge in [-0.05, 0) is 42.9 Å². The van der Waals surface area contributed by atoms with E-state index in [2.05, 4.69) is 31.2 Å². The Bertz CT molecular complexity index is 817. The molecule has 0 unspecified atom stereocenters. The van der Waals surface area contributed by atoms with Crippen molar-refractivity contribution in [2.45, 2.75) is 19.8 Å². The van der Waals surface area contributed by atoms with E-state index in [-0.39, 0.29) is 17.9 Å². The smallest absolute Gasteiger partial charge is 0.254 e. The largest absolute Gasteiger partial charge is 0.396 e. The van der Waals surface area contributed by atoms with Crippen molar-refractivity contribution in [2.75, 3.05) is 32.9 Å². The van der Waals surface area contributed by atoms with Gasteiger partial charge in [-0.2, -0.15) is 0 Å². The summed E-state index contributed by atoms with van der Waals surface area (Å²) in [4.78, 5) is 15.2. The Morgan fingerprint density at radius 3 is 2.74 bits per heavy atom. The lowest BCUT2D eigenvalue weighted by atomic mass is 9.76. The van der Waals surface area contributed by atoms with Crippen LogP contribution in [0.5, 0.6) is 0 Å². The van der Waals surface area contributed by atoms with Crippen LogP contribution < -0.4 is 0 Å². The van der Waals surface area contributed by atoms with Crippen molar-refractivity contribution in [3.8, 4) is 0 Å². The van der Waals surface area contributed by atoms with Crippen LogP contribution >= 0.6 is 0 Å². The molecule has 4 heteroatoms. The van der Waals surface area contributed by atoms with Crippen molar-refractivity contribution < 1.29 is 14.6 Å². The SMILES string of the molecule is Cc1ccc(Cc2ccccc2C(=O)N2C[C@@H]3CCOC[C@]3(CO)C2)cc1. The normalized spacial score (nSPS) is 24.7. The summed E-state index contributed by atoms with van der Waals surface area (Å²) in [5.41, 5.74) is 3.97. The third-order valence-corrected chi connectivity index (χ3v) is 6.18. The molecule has 4 rings (SSSR count). The number of hydrogen-bond acceptors (Lipinski definition) is 3.